The number of carbonyl (C=O) groups excluding carboxylic acids is 1. The van der Waals surface area contributed by atoms with Crippen LogP contribution in [0.15, 0.2) is 48.5 Å². The number of carbonyl (C=O) groups is 2. The lowest BCUT2D eigenvalue weighted by Crippen LogP contribution is -2.51. The third-order valence-corrected chi connectivity index (χ3v) is 4.57. The van der Waals surface area contributed by atoms with E-state index in [2.05, 4.69) is 5.32 Å². The number of amides is 1. The van der Waals surface area contributed by atoms with Crippen molar-refractivity contribution in [3.63, 3.8) is 0 Å². The highest BCUT2D eigenvalue weighted by Gasteiger charge is 2.39. The number of aliphatic carboxylic acids is 1. The topological polar surface area (TPSA) is 84.9 Å². The van der Waals surface area contributed by atoms with Crippen LogP contribution in [0, 0.1) is 0 Å². The van der Waals surface area contributed by atoms with Gasteiger partial charge in [-0.3, -0.25) is 4.79 Å². The summed E-state index contributed by atoms with van der Waals surface area (Å²) in [5.41, 5.74) is -0.0142. The Labute approximate surface area is 159 Å². The molecule has 2 rings (SSSR count). The average molecular weight is 371 g/mol. The van der Waals surface area contributed by atoms with Crippen LogP contribution < -0.4 is 14.8 Å². The molecule has 0 aromatic heterocycles. The van der Waals surface area contributed by atoms with Crippen LogP contribution in [0.2, 0.25) is 0 Å². The van der Waals surface area contributed by atoms with Crippen LogP contribution >= 0.6 is 0 Å². The Hall–Kier alpha value is -3.02. The number of rotatable bonds is 9. The van der Waals surface area contributed by atoms with Gasteiger partial charge in [0.05, 0.1) is 14.2 Å². The molecule has 2 N–H and O–H groups in total. The van der Waals surface area contributed by atoms with Gasteiger partial charge in [0.25, 0.3) is 0 Å². The van der Waals surface area contributed by atoms with Gasteiger partial charge in [-0.25, -0.2) is 4.79 Å². The molecule has 0 saturated carbocycles. The molecular weight excluding hydrogens is 346 g/mol. The summed E-state index contributed by atoms with van der Waals surface area (Å²) in [6.07, 6.45) is 0.830. The minimum absolute atomic E-state index is 0.151. The molecule has 0 radical (unpaired) electrons. The van der Waals surface area contributed by atoms with Crippen LogP contribution in [-0.2, 0) is 21.5 Å². The minimum Gasteiger partial charge on any atom is -0.497 e. The maximum absolute atomic E-state index is 12.5. The molecular formula is C21H25NO5. The molecule has 6 heteroatoms. The molecule has 0 spiro atoms. The second-order valence-corrected chi connectivity index (χ2v) is 6.20. The first-order valence-corrected chi connectivity index (χ1v) is 8.77. The van der Waals surface area contributed by atoms with Crippen molar-refractivity contribution in [2.45, 2.75) is 31.7 Å². The fraction of sp³-hybridized carbons (Fsp3) is 0.333. The van der Waals surface area contributed by atoms with Crippen LogP contribution in [0.25, 0.3) is 0 Å². The normalized spacial score (nSPS) is 12.7. The molecule has 0 fully saturated rings. The van der Waals surface area contributed by atoms with E-state index >= 15 is 0 Å². The number of carboxylic acids is 1. The van der Waals surface area contributed by atoms with E-state index in [1.807, 2.05) is 18.2 Å². The lowest BCUT2D eigenvalue weighted by atomic mass is 9.87. The lowest BCUT2D eigenvalue weighted by molar-refractivity contribution is -0.148. The van der Waals surface area contributed by atoms with Gasteiger partial charge in [0.15, 0.2) is 5.54 Å². The SMILES string of the molecule is CCC(NC(=O)CCc1cc(OC)cc(OC)c1)(C(=O)O)c1ccccc1. The number of nitrogens with one attached hydrogen (secondary N) is 1. The van der Waals surface area contributed by atoms with Gasteiger partial charge in [-0.15, -0.1) is 0 Å². The van der Waals surface area contributed by atoms with Crippen molar-refractivity contribution in [3.8, 4) is 11.5 Å². The average Bonchev–Trinajstić information content (AvgIpc) is 2.70. The first-order chi connectivity index (χ1) is 12.9. The highest BCUT2D eigenvalue weighted by molar-refractivity contribution is 5.88. The van der Waals surface area contributed by atoms with Crippen LogP contribution in [0.1, 0.15) is 30.9 Å². The van der Waals surface area contributed by atoms with Crippen LogP contribution in [0.3, 0.4) is 0 Å². The predicted octanol–water partition coefficient (Wildman–Crippen LogP) is 3.14. The van der Waals surface area contributed by atoms with Crippen LogP contribution in [0.5, 0.6) is 11.5 Å². The van der Waals surface area contributed by atoms with E-state index in [9.17, 15) is 14.7 Å². The zero-order chi connectivity index (χ0) is 19.9. The number of carboxylic acid groups (broad SMARTS) is 1. The van der Waals surface area contributed by atoms with E-state index in [0.717, 1.165) is 5.56 Å². The van der Waals surface area contributed by atoms with Gasteiger partial charge < -0.3 is 19.9 Å². The first-order valence-electron chi connectivity index (χ1n) is 8.77. The molecule has 1 unspecified atom stereocenters. The number of methoxy groups -OCH3 is 2. The van der Waals surface area contributed by atoms with E-state index < -0.39 is 11.5 Å². The van der Waals surface area contributed by atoms with E-state index in [4.69, 9.17) is 9.47 Å². The van der Waals surface area contributed by atoms with E-state index in [1.54, 1.807) is 51.5 Å². The molecule has 0 bridgehead atoms. The van der Waals surface area contributed by atoms with Crippen LogP contribution in [0.4, 0.5) is 0 Å². The van der Waals surface area contributed by atoms with Gasteiger partial charge >= 0.3 is 5.97 Å². The van der Waals surface area contributed by atoms with E-state index in [-0.39, 0.29) is 18.7 Å². The molecule has 0 aliphatic heterocycles. The van der Waals surface area contributed by atoms with E-state index in [0.29, 0.717) is 23.5 Å². The Balaban J connectivity index is 2.14. The summed E-state index contributed by atoms with van der Waals surface area (Å²) < 4.78 is 10.5. The Bertz CT molecular complexity index is 768. The summed E-state index contributed by atoms with van der Waals surface area (Å²) in [5.74, 6) is -0.123. The third kappa shape index (κ3) is 4.78. The highest BCUT2D eigenvalue weighted by Crippen LogP contribution is 2.26. The maximum atomic E-state index is 12.5. The molecule has 0 saturated heterocycles. The monoisotopic (exact) mass is 371 g/mol. The number of benzene rings is 2. The largest absolute Gasteiger partial charge is 0.497 e. The van der Waals surface area contributed by atoms with Crippen molar-refractivity contribution < 1.29 is 24.2 Å². The van der Waals surface area contributed by atoms with Crippen molar-refractivity contribution >= 4 is 11.9 Å². The lowest BCUT2D eigenvalue weighted by Gasteiger charge is -2.30. The summed E-state index contributed by atoms with van der Waals surface area (Å²) in [5, 5.41) is 12.5. The molecule has 2 aromatic carbocycles. The Morgan fingerprint density at radius 1 is 1.04 bits per heavy atom. The van der Waals surface area contributed by atoms with Crippen molar-refractivity contribution in [1.29, 1.82) is 0 Å². The second kappa shape index (κ2) is 9.07. The van der Waals surface area contributed by atoms with Gasteiger partial charge in [0, 0.05) is 12.5 Å². The molecule has 144 valence electrons. The Kier molecular flexibility index (Phi) is 6.82. The van der Waals surface area contributed by atoms with Gasteiger partial charge in [-0.1, -0.05) is 37.3 Å². The standard InChI is InChI=1S/C21H25NO5/c1-4-21(20(24)25,16-8-6-5-7-9-16)22-19(23)11-10-15-12-17(26-2)14-18(13-15)27-3/h5-9,12-14H,4,10-11H2,1-3H3,(H,22,23)(H,24,25). The summed E-state index contributed by atoms with van der Waals surface area (Å²) in [7, 11) is 3.13. The fourth-order valence-corrected chi connectivity index (χ4v) is 2.98. The van der Waals surface area contributed by atoms with Crippen molar-refractivity contribution in [2.75, 3.05) is 14.2 Å². The molecule has 27 heavy (non-hydrogen) atoms. The van der Waals surface area contributed by atoms with Crippen molar-refractivity contribution in [1.82, 2.24) is 5.32 Å². The molecule has 2 aromatic rings. The van der Waals surface area contributed by atoms with Crippen LogP contribution in [-0.4, -0.2) is 31.2 Å². The number of ether oxygens (including phenoxy) is 2. The Morgan fingerprint density at radius 2 is 1.63 bits per heavy atom. The molecule has 1 atom stereocenters. The molecule has 0 aliphatic carbocycles. The molecule has 1 amide bonds. The number of hydrogen-bond acceptors (Lipinski definition) is 4. The smallest absolute Gasteiger partial charge is 0.334 e. The van der Waals surface area contributed by atoms with Gasteiger partial charge in [0.2, 0.25) is 5.91 Å². The minimum atomic E-state index is -1.44. The van der Waals surface area contributed by atoms with Gasteiger partial charge in [-0.2, -0.15) is 0 Å². The fourth-order valence-electron chi connectivity index (χ4n) is 2.98. The summed E-state index contributed by atoms with van der Waals surface area (Å²) in [6.45, 7) is 1.74. The summed E-state index contributed by atoms with van der Waals surface area (Å²) >= 11 is 0. The number of hydrogen-bond donors (Lipinski definition) is 2. The Morgan fingerprint density at radius 3 is 2.11 bits per heavy atom. The van der Waals surface area contributed by atoms with Gasteiger partial charge in [-0.05, 0) is 36.1 Å². The quantitative estimate of drug-likeness (QED) is 0.707. The summed E-state index contributed by atoms with van der Waals surface area (Å²) in [4.78, 5) is 24.5. The highest BCUT2D eigenvalue weighted by atomic mass is 16.5. The van der Waals surface area contributed by atoms with E-state index in [1.165, 1.54) is 0 Å². The number of aryl methyl sites for hydroxylation is 1. The van der Waals surface area contributed by atoms with Crippen molar-refractivity contribution in [3.05, 3.63) is 59.7 Å². The molecule has 0 heterocycles. The molecule has 6 nitrogen and oxygen atoms in total. The maximum Gasteiger partial charge on any atom is 0.334 e. The zero-order valence-corrected chi connectivity index (χ0v) is 15.8. The zero-order valence-electron chi connectivity index (χ0n) is 15.8. The third-order valence-electron chi connectivity index (χ3n) is 4.57. The molecule has 0 aliphatic rings. The van der Waals surface area contributed by atoms with Crippen molar-refractivity contribution in [2.24, 2.45) is 0 Å². The predicted molar refractivity (Wildman–Crippen MR) is 102 cm³/mol. The van der Waals surface area contributed by atoms with Gasteiger partial charge in [0.1, 0.15) is 11.5 Å². The summed E-state index contributed by atoms with van der Waals surface area (Å²) in [6, 6.07) is 14.2. The second-order valence-electron chi connectivity index (χ2n) is 6.20. The first kappa shape index (κ1) is 20.3.